The van der Waals surface area contributed by atoms with Gasteiger partial charge in [0.1, 0.15) is 12.3 Å². The number of piperidine rings is 1. The van der Waals surface area contributed by atoms with Crippen molar-refractivity contribution in [2.45, 2.75) is 50.0 Å². The van der Waals surface area contributed by atoms with Crippen molar-refractivity contribution >= 4 is 27.5 Å². The van der Waals surface area contributed by atoms with Crippen LogP contribution in [0.4, 0.5) is 5.69 Å². The van der Waals surface area contributed by atoms with E-state index in [0.717, 1.165) is 25.9 Å². The maximum Gasteiger partial charge on any atom is 0.265 e. The monoisotopic (exact) mass is 508 g/mol. The van der Waals surface area contributed by atoms with Crippen LogP contribution in [-0.2, 0) is 24.3 Å². The summed E-state index contributed by atoms with van der Waals surface area (Å²) in [5.74, 6) is -0.278. The van der Waals surface area contributed by atoms with Gasteiger partial charge in [0.2, 0.25) is 15.9 Å². The van der Waals surface area contributed by atoms with Crippen molar-refractivity contribution in [3.8, 4) is 5.75 Å². The van der Waals surface area contributed by atoms with E-state index in [1.165, 1.54) is 40.6 Å². The Bertz CT molecular complexity index is 1010. The van der Waals surface area contributed by atoms with E-state index in [4.69, 9.17) is 9.47 Å². The summed E-state index contributed by atoms with van der Waals surface area (Å²) in [6, 6.07) is 5.07. The van der Waals surface area contributed by atoms with Crippen LogP contribution in [0.5, 0.6) is 5.75 Å². The van der Waals surface area contributed by atoms with Gasteiger partial charge in [-0.25, -0.2) is 8.42 Å². The molecule has 2 saturated heterocycles. The van der Waals surface area contributed by atoms with Gasteiger partial charge in [0.05, 0.1) is 23.8 Å². The van der Waals surface area contributed by atoms with Crippen LogP contribution in [0.25, 0.3) is 0 Å². The SMILES string of the molecule is CC[C@H]1CCCCN1CCCNC(=O)CN1C(=O)COc2ccc(S(=O)(=O)N3CCOCC3)cc21. The lowest BCUT2D eigenvalue weighted by Gasteiger charge is -2.35. The Labute approximate surface area is 207 Å². The predicted octanol–water partition coefficient (Wildman–Crippen LogP) is 1.20. The number of benzene rings is 1. The minimum Gasteiger partial charge on any atom is -0.482 e. The van der Waals surface area contributed by atoms with E-state index in [0.29, 0.717) is 37.2 Å². The average molecular weight is 509 g/mol. The molecule has 0 radical (unpaired) electrons. The Morgan fingerprint density at radius 3 is 2.74 bits per heavy atom. The molecule has 0 aliphatic carbocycles. The highest BCUT2D eigenvalue weighted by Gasteiger charge is 2.32. The van der Waals surface area contributed by atoms with Gasteiger partial charge < -0.3 is 19.7 Å². The number of nitrogens with one attached hydrogen (secondary N) is 1. The normalized spacial score (nSPS) is 21.9. The fraction of sp³-hybridized carbons (Fsp3) is 0.667. The lowest BCUT2D eigenvalue weighted by molar-refractivity contribution is -0.125. The molecule has 0 spiro atoms. The summed E-state index contributed by atoms with van der Waals surface area (Å²) in [5.41, 5.74) is 0.296. The molecule has 1 atom stereocenters. The second kappa shape index (κ2) is 11.7. The maximum atomic E-state index is 13.1. The predicted molar refractivity (Wildman–Crippen MR) is 131 cm³/mol. The second-order valence-corrected chi connectivity index (χ2v) is 11.1. The molecule has 1 aromatic carbocycles. The van der Waals surface area contributed by atoms with Gasteiger partial charge >= 0.3 is 0 Å². The number of carbonyl (C=O) groups is 2. The van der Waals surface area contributed by atoms with Crippen molar-refractivity contribution < 1.29 is 27.5 Å². The standard InChI is InChI=1S/C24H36N4O6S/c1-2-19-6-3-4-10-26(19)11-5-9-25-23(29)17-28-21-16-20(7-8-22(21)34-18-24(28)30)35(31,32)27-12-14-33-15-13-27/h7-8,16,19H,2-6,9-15,17-18H2,1H3,(H,25,29)/t19-/m0/s1. The molecule has 0 bridgehead atoms. The van der Waals surface area contributed by atoms with Crippen LogP contribution in [0.15, 0.2) is 23.1 Å². The Morgan fingerprint density at radius 1 is 1.17 bits per heavy atom. The van der Waals surface area contributed by atoms with Crippen molar-refractivity contribution in [3.05, 3.63) is 18.2 Å². The van der Waals surface area contributed by atoms with Crippen LogP contribution in [-0.4, -0.2) is 94.6 Å². The highest BCUT2D eigenvalue weighted by atomic mass is 32.2. The third-order valence-electron chi connectivity index (χ3n) is 6.95. The van der Waals surface area contributed by atoms with E-state index in [1.54, 1.807) is 6.07 Å². The molecular formula is C24H36N4O6S. The van der Waals surface area contributed by atoms with E-state index in [-0.39, 0.29) is 43.0 Å². The fourth-order valence-corrected chi connectivity index (χ4v) is 6.41. The van der Waals surface area contributed by atoms with Crippen LogP contribution in [0.2, 0.25) is 0 Å². The molecule has 4 rings (SSSR count). The molecule has 194 valence electrons. The number of ether oxygens (including phenoxy) is 2. The molecule has 0 saturated carbocycles. The number of nitrogens with zero attached hydrogens (tertiary/aromatic N) is 3. The summed E-state index contributed by atoms with van der Waals surface area (Å²) in [5, 5.41) is 2.91. The zero-order valence-corrected chi connectivity index (χ0v) is 21.2. The fourth-order valence-electron chi connectivity index (χ4n) is 4.98. The van der Waals surface area contributed by atoms with Crippen molar-refractivity contribution in [1.82, 2.24) is 14.5 Å². The number of carbonyl (C=O) groups excluding carboxylic acids is 2. The van der Waals surface area contributed by atoms with Gasteiger partial charge in [0, 0.05) is 32.2 Å². The lowest BCUT2D eigenvalue weighted by atomic mass is 10.00. The molecule has 0 aromatic heterocycles. The average Bonchev–Trinajstić information content (AvgIpc) is 2.88. The first-order chi connectivity index (χ1) is 16.9. The van der Waals surface area contributed by atoms with Gasteiger partial charge in [-0.3, -0.25) is 14.5 Å². The zero-order valence-electron chi connectivity index (χ0n) is 20.4. The Morgan fingerprint density at radius 2 is 1.97 bits per heavy atom. The van der Waals surface area contributed by atoms with Gasteiger partial charge in [-0.2, -0.15) is 4.31 Å². The number of rotatable bonds is 9. The van der Waals surface area contributed by atoms with E-state index in [1.807, 2.05) is 0 Å². The van der Waals surface area contributed by atoms with Crippen LogP contribution in [0.1, 0.15) is 39.0 Å². The van der Waals surface area contributed by atoms with E-state index >= 15 is 0 Å². The number of hydrogen-bond donors (Lipinski definition) is 1. The lowest BCUT2D eigenvalue weighted by Crippen LogP contribution is -2.46. The first kappa shape index (κ1) is 25.9. The maximum absolute atomic E-state index is 13.1. The smallest absolute Gasteiger partial charge is 0.265 e. The topological polar surface area (TPSA) is 108 Å². The molecule has 0 unspecified atom stereocenters. The second-order valence-electron chi connectivity index (χ2n) is 9.21. The molecule has 2 fully saturated rings. The molecule has 11 heteroatoms. The molecule has 1 aromatic rings. The van der Waals surface area contributed by atoms with E-state index in [9.17, 15) is 18.0 Å². The highest BCUT2D eigenvalue weighted by molar-refractivity contribution is 7.89. The molecule has 3 aliphatic heterocycles. The summed E-state index contributed by atoms with van der Waals surface area (Å²) in [4.78, 5) is 29.1. The van der Waals surface area contributed by atoms with Crippen LogP contribution in [0.3, 0.4) is 0 Å². The molecule has 2 amide bonds. The number of hydrogen-bond acceptors (Lipinski definition) is 7. The summed E-state index contributed by atoms with van der Waals surface area (Å²) < 4.78 is 38.3. The first-order valence-electron chi connectivity index (χ1n) is 12.6. The third-order valence-corrected chi connectivity index (χ3v) is 8.84. The molecule has 3 aliphatic rings. The minimum absolute atomic E-state index is 0.0638. The van der Waals surface area contributed by atoms with E-state index < -0.39 is 10.0 Å². The van der Waals surface area contributed by atoms with Crippen LogP contribution < -0.4 is 15.0 Å². The molecule has 3 heterocycles. The summed E-state index contributed by atoms with van der Waals surface area (Å²) in [6.07, 6.45) is 5.75. The summed E-state index contributed by atoms with van der Waals surface area (Å²) >= 11 is 0. The third kappa shape index (κ3) is 6.14. The number of likely N-dealkylation sites (tertiary alicyclic amines) is 1. The van der Waals surface area contributed by atoms with Crippen LogP contribution in [0, 0.1) is 0 Å². The highest BCUT2D eigenvalue weighted by Crippen LogP contribution is 2.35. The Balaban J connectivity index is 1.37. The van der Waals surface area contributed by atoms with Gasteiger partial charge in [-0.1, -0.05) is 13.3 Å². The minimum atomic E-state index is -3.75. The summed E-state index contributed by atoms with van der Waals surface area (Å²) in [6.45, 7) is 5.67. The van der Waals surface area contributed by atoms with Crippen molar-refractivity contribution in [1.29, 1.82) is 0 Å². The Hall–Kier alpha value is -2.21. The van der Waals surface area contributed by atoms with Crippen molar-refractivity contribution in [3.63, 3.8) is 0 Å². The van der Waals surface area contributed by atoms with E-state index in [2.05, 4.69) is 17.1 Å². The molecule has 35 heavy (non-hydrogen) atoms. The quantitative estimate of drug-likeness (QED) is 0.500. The zero-order chi connectivity index (χ0) is 24.8. The number of fused-ring (bicyclic) bond motifs is 1. The van der Waals surface area contributed by atoms with Crippen LogP contribution >= 0.6 is 0 Å². The molecule has 10 nitrogen and oxygen atoms in total. The van der Waals surface area contributed by atoms with Gasteiger partial charge in [-0.15, -0.1) is 0 Å². The van der Waals surface area contributed by atoms with Gasteiger partial charge in [-0.05, 0) is 50.4 Å². The van der Waals surface area contributed by atoms with Crippen molar-refractivity contribution in [2.24, 2.45) is 0 Å². The number of anilines is 1. The van der Waals surface area contributed by atoms with Gasteiger partial charge in [0.15, 0.2) is 6.61 Å². The Kier molecular flexibility index (Phi) is 8.64. The summed E-state index contributed by atoms with van der Waals surface area (Å²) in [7, 11) is -3.75. The largest absolute Gasteiger partial charge is 0.482 e. The number of amides is 2. The van der Waals surface area contributed by atoms with Gasteiger partial charge in [0.25, 0.3) is 5.91 Å². The number of morpholine rings is 1. The molecular weight excluding hydrogens is 472 g/mol. The van der Waals surface area contributed by atoms with Crippen molar-refractivity contribution in [2.75, 3.05) is 64.0 Å². The first-order valence-corrected chi connectivity index (χ1v) is 14.0. The molecule has 1 N–H and O–H groups in total. The number of sulfonamides is 1.